The van der Waals surface area contributed by atoms with Gasteiger partial charge in [-0.1, -0.05) is 6.07 Å². The summed E-state index contributed by atoms with van der Waals surface area (Å²) in [7, 11) is 0. The maximum Gasteiger partial charge on any atom is 0.251 e. The van der Waals surface area contributed by atoms with Gasteiger partial charge in [0.05, 0.1) is 0 Å². The zero-order valence-electron chi connectivity index (χ0n) is 10.4. The highest BCUT2D eigenvalue weighted by Crippen LogP contribution is 2.14. The number of rotatable bonds is 2. The summed E-state index contributed by atoms with van der Waals surface area (Å²) in [6.45, 7) is 0.509. The van der Waals surface area contributed by atoms with Crippen molar-refractivity contribution in [1.29, 1.82) is 0 Å². The molecular weight excluding hydrogens is 242 g/mol. The lowest BCUT2D eigenvalue weighted by molar-refractivity contribution is -0.122. The summed E-state index contributed by atoms with van der Waals surface area (Å²) in [6.07, 6.45) is 3.02. The molecule has 1 aromatic carbocycles. The number of piperidine rings is 1. The van der Waals surface area contributed by atoms with Gasteiger partial charge in [0.25, 0.3) is 5.91 Å². The van der Waals surface area contributed by atoms with Crippen molar-refractivity contribution >= 4 is 22.7 Å². The SMILES string of the molecule is O=C1CCC(NC(=O)c2ccc3cc[nH]c3c2)CN1. The van der Waals surface area contributed by atoms with Crippen molar-refractivity contribution in [3.8, 4) is 0 Å². The van der Waals surface area contributed by atoms with Gasteiger partial charge < -0.3 is 15.6 Å². The highest BCUT2D eigenvalue weighted by atomic mass is 16.2. The fourth-order valence-corrected chi connectivity index (χ4v) is 2.31. The molecule has 0 saturated carbocycles. The van der Waals surface area contributed by atoms with Crippen LogP contribution in [0.4, 0.5) is 0 Å². The van der Waals surface area contributed by atoms with E-state index in [1.54, 1.807) is 0 Å². The van der Waals surface area contributed by atoms with Crippen LogP contribution in [0.25, 0.3) is 10.9 Å². The van der Waals surface area contributed by atoms with Crippen molar-refractivity contribution in [2.75, 3.05) is 6.54 Å². The smallest absolute Gasteiger partial charge is 0.251 e. The summed E-state index contributed by atoms with van der Waals surface area (Å²) in [6, 6.07) is 7.56. The number of hydrogen-bond acceptors (Lipinski definition) is 2. The summed E-state index contributed by atoms with van der Waals surface area (Å²) in [4.78, 5) is 26.3. The van der Waals surface area contributed by atoms with E-state index < -0.39 is 0 Å². The Kier molecular flexibility index (Phi) is 2.95. The molecule has 1 unspecified atom stereocenters. The molecule has 98 valence electrons. The molecule has 2 heterocycles. The van der Waals surface area contributed by atoms with Gasteiger partial charge in [0.15, 0.2) is 0 Å². The summed E-state index contributed by atoms with van der Waals surface area (Å²) >= 11 is 0. The van der Waals surface area contributed by atoms with Crippen molar-refractivity contribution < 1.29 is 9.59 Å². The second kappa shape index (κ2) is 4.76. The fourth-order valence-electron chi connectivity index (χ4n) is 2.31. The van der Waals surface area contributed by atoms with E-state index in [1.807, 2.05) is 30.5 Å². The number of aromatic amines is 1. The Morgan fingerprint density at radius 2 is 2.21 bits per heavy atom. The number of carbonyl (C=O) groups excluding carboxylic acids is 2. The molecule has 0 bridgehead atoms. The Morgan fingerprint density at radius 1 is 1.32 bits per heavy atom. The van der Waals surface area contributed by atoms with Crippen LogP contribution < -0.4 is 10.6 Å². The van der Waals surface area contributed by atoms with Crippen LogP contribution >= 0.6 is 0 Å². The van der Waals surface area contributed by atoms with Crippen molar-refractivity contribution in [2.24, 2.45) is 0 Å². The predicted molar refractivity (Wildman–Crippen MR) is 71.8 cm³/mol. The van der Waals surface area contributed by atoms with Gasteiger partial charge in [0, 0.05) is 36.3 Å². The van der Waals surface area contributed by atoms with Crippen molar-refractivity contribution in [1.82, 2.24) is 15.6 Å². The van der Waals surface area contributed by atoms with Crippen LogP contribution in [0.1, 0.15) is 23.2 Å². The maximum atomic E-state index is 12.1. The molecule has 1 fully saturated rings. The van der Waals surface area contributed by atoms with Crippen LogP contribution in [-0.4, -0.2) is 29.4 Å². The maximum absolute atomic E-state index is 12.1. The van der Waals surface area contributed by atoms with Gasteiger partial charge in [-0.3, -0.25) is 9.59 Å². The average Bonchev–Trinajstić information content (AvgIpc) is 2.88. The van der Waals surface area contributed by atoms with Gasteiger partial charge >= 0.3 is 0 Å². The predicted octanol–water partition coefficient (Wildman–Crippen LogP) is 1.18. The molecule has 1 saturated heterocycles. The highest BCUT2D eigenvalue weighted by Gasteiger charge is 2.20. The number of H-pyrrole nitrogens is 1. The lowest BCUT2D eigenvalue weighted by Gasteiger charge is -2.23. The Morgan fingerprint density at radius 3 is 3.00 bits per heavy atom. The Labute approximate surface area is 110 Å². The van der Waals surface area contributed by atoms with E-state index in [4.69, 9.17) is 0 Å². The van der Waals surface area contributed by atoms with Gasteiger partial charge in [-0.2, -0.15) is 0 Å². The van der Waals surface area contributed by atoms with Gasteiger partial charge in [-0.05, 0) is 30.0 Å². The third-order valence-corrected chi connectivity index (χ3v) is 3.42. The standard InChI is InChI=1S/C14H15N3O2/c18-13-4-3-11(8-16-13)17-14(19)10-2-1-9-5-6-15-12(9)7-10/h1-2,5-7,11,15H,3-4,8H2,(H,16,18)(H,17,19). The van der Waals surface area contributed by atoms with Gasteiger partial charge in [-0.25, -0.2) is 0 Å². The Hall–Kier alpha value is -2.30. The molecular formula is C14H15N3O2. The van der Waals surface area contributed by atoms with Crippen molar-refractivity contribution in [3.05, 3.63) is 36.0 Å². The van der Waals surface area contributed by atoms with E-state index in [0.29, 0.717) is 24.9 Å². The number of hydrogen-bond donors (Lipinski definition) is 3. The molecule has 3 N–H and O–H groups in total. The molecule has 19 heavy (non-hydrogen) atoms. The summed E-state index contributed by atoms with van der Waals surface area (Å²) in [5.41, 5.74) is 1.58. The summed E-state index contributed by atoms with van der Waals surface area (Å²) < 4.78 is 0. The van der Waals surface area contributed by atoms with Crippen LogP contribution in [0.3, 0.4) is 0 Å². The Balaban J connectivity index is 1.71. The molecule has 5 nitrogen and oxygen atoms in total. The first-order valence-corrected chi connectivity index (χ1v) is 6.37. The molecule has 0 spiro atoms. The van der Waals surface area contributed by atoms with E-state index in [9.17, 15) is 9.59 Å². The first-order valence-electron chi connectivity index (χ1n) is 6.37. The van der Waals surface area contributed by atoms with Crippen LogP contribution in [0.5, 0.6) is 0 Å². The third-order valence-electron chi connectivity index (χ3n) is 3.42. The minimum atomic E-state index is -0.0994. The minimum absolute atomic E-state index is 0.0181. The van der Waals surface area contributed by atoms with E-state index in [0.717, 1.165) is 10.9 Å². The van der Waals surface area contributed by atoms with Gasteiger partial charge in [-0.15, -0.1) is 0 Å². The third kappa shape index (κ3) is 2.45. The number of aromatic nitrogens is 1. The first kappa shape index (κ1) is 11.8. The number of benzene rings is 1. The number of amides is 2. The van der Waals surface area contributed by atoms with Crippen LogP contribution in [0, 0.1) is 0 Å². The monoisotopic (exact) mass is 257 g/mol. The molecule has 2 amide bonds. The molecule has 0 radical (unpaired) electrons. The Bertz CT molecular complexity index is 622. The second-order valence-electron chi connectivity index (χ2n) is 4.79. The van der Waals surface area contributed by atoms with Crippen LogP contribution in [0.15, 0.2) is 30.5 Å². The van der Waals surface area contributed by atoms with E-state index in [1.165, 1.54) is 0 Å². The molecule has 1 aliphatic heterocycles. The number of nitrogens with one attached hydrogen (secondary N) is 3. The lowest BCUT2D eigenvalue weighted by atomic mass is 10.1. The molecule has 1 aliphatic rings. The largest absolute Gasteiger partial charge is 0.361 e. The van der Waals surface area contributed by atoms with Crippen LogP contribution in [-0.2, 0) is 4.79 Å². The lowest BCUT2D eigenvalue weighted by Crippen LogP contribution is -2.47. The minimum Gasteiger partial charge on any atom is -0.361 e. The topological polar surface area (TPSA) is 74.0 Å². The fraction of sp³-hybridized carbons (Fsp3) is 0.286. The first-order chi connectivity index (χ1) is 9.22. The summed E-state index contributed by atoms with van der Waals surface area (Å²) in [5, 5.41) is 6.78. The summed E-state index contributed by atoms with van der Waals surface area (Å²) in [5.74, 6) is -0.0454. The van der Waals surface area contributed by atoms with Gasteiger partial charge in [0.2, 0.25) is 5.91 Å². The normalized spacial score (nSPS) is 19.2. The molecule has 3 rings (SSSR count). The van der Waals surface area contributed by atoms with Crippen LogP contribution in [0.2, 0.25) is 0 Å². The van der Waals surface area contributed by atoms with E-state index >= 15 is 0 Å². The van der Waals surface area contributed by atoms with E-state index in [-0.39, 0.29) is 17.9 Å². The second-order valence-corrected chi connectivity index (χ2v) is 4.79. The molecule has 5 heteroatoms. The number of fused-ring (bicyclic) bond motifs is 1. The zero-order chi connectivity index (χ0) is 13.2. The molecule has 1 aromatic heterocycles. The number of carbonyl (C=O) groups is 2. The molecule has 0 aliphatic carbocycles. The quantitative estimate of drug-likeness (QED) is 0.755. The van der Waals surface area contributed by atoms with Crippen molar-refractivity contribution in [3.63, 3.8) is 0 Å². The van der Waals surface area contributed by atoms with E-state index in [2.05, 4.69) is 15.6 Å². The molecule has 2 aromatic rings. The zero-order valence-corrected chi connectivity index (χ0v) is 10.4. The molecule has 1 atom stereocenters. The van der Waals surface area contributed by atoms with Crippen molar-refractivity contribution in [2.45, 2.75) is 18.9 Å². The van der Waals surface area contributed by atoms with Gasteiger partial charge in [0.1, 0.15) is 0 Å². The highest BCUT2D eigenvalue weighted by molar-refractivity contribution is 5.98. The average molecular weight is 257 g/mol.